The van der Waals surface area contributed by atoms with Crippen LogP contribution in [0.1, 0.15) is 57.8 Å². The lowest BCUT2D eigenvalue weighted by Crippen LogP contribution is -2.54. The second-order valence-electron chi connectivity index (χ2n) is 6.58. The number of hydrogen-bond acceptors (Lipinski definition) is 3. The second kappa shape index (κ2) is 5.72. The van der Waals surface area contributed by atoms with E-state index in [-0.39, 0.29) is 5.54 Å². The SMILES string of the molecule is OCC(CSC1CCCCC1)(NC1CC1)C1CC1. The molecule has 0 aromatic carbocycles. The zero-order valence-electron chi connectivity index (χ0n) is 11.4. The van der Waals surface area contributed by atoms with Gasteiger partial charge in [0.05, 0.1) is 12.1 Å². The Morgan fingerprint density at radius 3 is 2.28 bits per heavy atom. The van der Waals surface area contributed by atoms with Gasteiger partial charge in [0.25, 0.3) is 0 Å². The molecule has 3 aliphatic carbocycles. The van der Waals surface area contributed by atoms with Crippen LogP contribution in [-0.4, -0.2) is 34.3 Å². The summed E-state index contributed by atoms with van der Waals surface area (Å²) >= 11 is 2.14. The van der Waals surface area contributed by atoms with E-state index >= 15 is 0 Å². The van der Waals surface area contributed by atoms with Crippen molar-refractivity contribution < 1.29 is 5.11 Å². The molecule has 18 heavy (non-hydrogen) atoms. The van der Waals surface area contributed by atoms with Crippen molar-refractivity contribution in [3.05, 3.63) is 0 Å². The summed E-state index contributed by atoms with van der Waals surface area (Å²) in [6.45, 7) is 0.341. The van der Waals surface area contributed by atoms with Gasteiger partial charge in [-0.1, -0.05) is 19.3 Å². The molecule has 1 atom stereocenters. The van der Waals surface area contributed by atoms with Gasteiger partial charge < -0.3 is 10.4 Å². The number of nitrogens with one attached hydrogen (secondary N) is 1. The maximum Gasteiger partial charge on any atom is 0.0624 e. The fourth-order valence-corrected chi connectivity index (χ4v) is 4.88. The summed E-state index contributed by atoms with van der Waals surface area (Å²) in [5.74, 6) is 1.88. The van der Waals surface area contributed by atoms with Crippen LogP contribution in [0.4, 0.5) is 0 Å². The first-order valence-corrected chi connectivity index (χ1v) is 8.87. The van der Waals surface area contributed by atoms with Gasteiger partial charge in [0.15, 0.2) is 0 Å². The van der Waals surface area contributed by atoms with Crippen LogP contribution in [0.15, 0.2) is 0 Å². The Labute approximate surface area is 115 Å². The van der Waals surface area contributed by atoms with Crippen molar-refractivity contribution in [1.82, 2.24) is 5.32 Å². The van der Waals surface area contributed by atoms with Crippen molar-refractivity contribution in [2.75, 3.05) is 12.4 Å². The first-order chi connectivity index (χ1) is 8.82. The molecule has 0 amide bonds. The zero-order valence-corrected chi connectivity index (χ0v) is 12.2. The quantitative estimate of drug-likeness (QED) is 0.745. The van der Waals surface area contributed by atoms with Crippen molar-refractivity contribution in [1.29, 1.82) is 0 Å². The molecule has 2 N–H and O–H groups in total. The van der Waals surface area contributed by atoms with E-state index in [9.17, 15) is 5.11 Å². The highest BCUT2D eigenvalue weighted by Gasteiger charge is 2.47. The van der Waals surface area contributed by atoms with Crippen molar-refractivity contribution in [3.8, 4) is 0 Å². The van der Waals surface area contributed by atoms with Crippen LogP contribution >= 0.6 is 11.8 Å². The normalized spacial score (nSPS) is 29.2. The predicted molar refractivity (Wildman–Crippen MR) is 78.0 cm³/mol. The highest BCUT2D eigenvalue weighted by molar-refractivity contribution is 8.00. The standard InChI is InChI=1S/C15H27NOS/c17-10-15(12-6-7-12,16-13-8-9-13)11-18-14-4-2-1-3-5-14/h12-14,16-17H,1-11H2. The summed E-state index contributed by atoms with van der Waals surface area (Å²) < 4.78 is 0. The van der Waals surface area contributed by atoms with Crippen LogP contribution in [0.2, 0.25) is 0 Å². The Hall–Kier alpha value is 0.270. The maximum absolute atomic E-state index is 9.92. The van der Waals surface area contributed by atoms with E-state index in [4.69, 9.17) is 0 Å². The Kier molecular flexibility index (Phi) is 4.21. The van der Waals surface area contributed by atoms with E-state index in [0.29, 0.717) is 12.6 Å². The maximum atomic E-state index is 9.92. The summed E-state index contributed by atoms with van der Waals surface area (Å²) in [5, 5.41) is 14.6. The molecule has 1 unspecified atom stereocenters. The minimum Gasteiger partial charge on any atom is -0.394 e. The average molecular weight is 269 g/mol. The molecule has 0 bridgehead atoms. The van der Waals surface area contributed by atoms with Gasteiger partial charge >= 0.3 is 0 Å². The van der Waals surface area contributed by atoms with E-state index in [2.05, 4.69) is 17.1 Å². The third kappa shape index (κ3) is 3.23. The Balaban J connectivity index is 1.54. The molecular formula is C15H27NOS. The molecule has 3 aliphatic rings. The minimum absolute atomic E-state index is 0.0588. The van der Waals surface area contributed by atoms with Crippen LogP contribution in [0, 0.1) is 5.92 Å². The number of aliphatic hydroxyl groups is 1. The third-order valence-electron chi connectivity index (χ3n) is 4.84. The molecular weight excluding hydrogens is 242 g/mol. The molecule has 0 aromatic heterocycles. The fraction of sp³-hybridized carbons (Fsp3) is 1.00. The summed E-state index contributed by atoms with van der Waals surface area (Å²) in [6.07, 6.45) is 12.4. The van der Waals surface area contributed by atoms with Gasteiger partial charge in [-0.3, -0.25) is 0 Å². The van der Waals surface area contributed by atoms with E-state index in [1.54, 1.807) is 0 Å². The van der Waals surface area contributed by atoms with Gasteiger partial charge in [-0.15, -0.1) is 0 Å². The van der Waals surface area contributed by atoms with Crippen molar-refractivity contribution in [3.63, 3.8) is 0 Å². The monoisotopic (exact) mass is 269 g/mol. The Morgan fingerprint density at radius 1 is 1.00 bits per heavy atom. The number of aliphatic hydroxyl groups excluding tert-OH is 1. The van der Waals surface area contributed by atoms with Crippen molar-refractivity contribution >= 4 is 11.8 Å². The molecule has 104 valence electrons. The van der Waals surface area contributed by atoms with Gasteiger partial charge in [0.2, 0.25) is 0 Å². The van der Waals surface area contributed by atoms with E-state index in [0.717, 1.165) is 16.9 Å². The van der Waals surface area contributed by atoms with Crippen LogP contribution < -0.4 is 5.32 Å². The molecule has 0 aromatic rings. The molecule has 2 nitrogen and oxygen atoms in total. The number of thioether (sulfide) groups is 1. The van der Waals surface area contributed by atoms with Gasteiger partial charge in [0, 0.05) is 17.0 Å². The lowest BCUT2D eigenvalue weighted by Gasteiger charge is -2.35. The highest BCUT2D eigenvalue weighted by atomic mass is 32.2. The Bertz CT molecular complexity index is 272. The van der Waals surface area contributed by atoms with Gasteiger partial charge in [-0.05, 0) is 44.4 Å². The highest BCUT2D eigenvalue weighted by Crippen LogP contribution is 2.44. The average Bonchev–Trinajstić information content (AvgIpc) is 3.28. The smallest absolute Gasteiger partial charge is 0.0624 e. The van der Waals surface area contributed by atoms with E-state index < -0.39 is 0 Å². The molecule has 3 heteroatoms. The Morgan fingerprint density at radius 2 is 1.72 bits per heavy atom. The molecule has 0 saturated heterocycles. The number of rotatable bonds is 7. The van der Waals surface area contributed by atoms with Crippen molar-refractivity contribution in [2.45, 2.75) is 74.6 Å². The number of hydrogen-bond donors (Lipinski definition) is 2. The minimum atomic E-state index is 0.0588. The van der Waals surface area contributed by atoms with Gasteiger partial charge in [-0.25, -0.2) is 0 Å². The molecule has 0 radical (unpaired) electrons. The molecule has 0 spiro atoms. The molecule has 0 aliphatic heterocycles. The lowest BCUT2D eigenvalue weighted by atomic mass is 9.96. The summed E-state index contributed by atoms with van der Waals surface area (Å²) in [6, 6.07) is 0.713. The van der Waals surface area contributed by atoms with Gasteiger partial charge in [-0.2, -0.15) is 11.8 Å². The van der Waals surface area contributed by atoms with Crippen molar-refractivity contribution in [2.24, 2.45) is 5.92 Å². The van der Waals surface area contributed by atoms with Crippen LogP contribution in [0.3, 0.4) is 0 Å². The largest absolute Gasteiger partial charge is 0.394 e. The lowest BCUT2D eigenvalue weighted by molar-refractivity contribution is 0.157. The molecule has 3 rings (SSSR count). The summed E-state index contributed by atoms with van der Waals surface area (Å²) in [7, 11) is 0. The first kappa shape index (κ1) is 13.3. The fourth-order valence-electron chi connectivity index (χ4n) is 3.27. The van der Waals surface area contributed by atoms with E-state index in [1.807, 2.05) is 0 Å². The van der Waals surface area contributed by atoms with Crippen LogP contribution in [0.5, 0.6) is 0 Å². The topological polar surface area (TPSA) is 32.3 Å². The third-order valence-corrected chi connectivity index (χ3v) is 6.46. The summed E-state index contributed by atoms with van der Waals surface area (Å²) in [5.41, 5.74) is 0.0588. The van der Waals surface area contributed by atoms with E-state index in [1.165, 1.54) is 57.8 Å². The molecule has 3 fully saturated rings. The van der Waals surface area contributed by atoms with Crippen LogP contribution in [0.25, 0.3) is 0 Å². The first-order valence-electron chi connectivity index (χ1n) is 7.82. The molecule has 0 heterocycles. The summed E-state index contributed by atoms with van der Waals surface area (Å²) in [4.78, 5) is 0. The van der Waals surface area contributed by atoms with Gasteiger partial charge in [0.1, 0.15) is 0 Å². The van der Waals surface area contributed by atoms with Crippen LogP contribution in [-0.2, 0) is 0 Å². The molecule has 3 saturated carbocycles. The second-order valence-corrected chi connectivity index (χ2v) is 7.87. The predicted octanol–water partition coefficient (Wildman–Crippen LogP) is 2.95. The zero-order chi connectivity index (χ0) is 12.4.